The summed E-state index contributed by atoms with van der Waals surface area (Å²) < 4.78 is 0. The average Bonchev–Trinajstić information content (AvgIpc) is 2.79. The molecule has 3 N–H and O–H groups in total. The smallest absolute Gasteiger partial charge is 0.237 e. The van der Waals surface area contributed by atoms with Crippen LogP contribution in [0.3, 0.4) is 0 Å². The zero-order chi connectivity index (χ0) is 13.1. The van der Waals surface area contributed by atoms with Crippen molar-refractivity contribution in [1.82, 2.24) is 10.6 Å². The molecule has 104 valence electrons. The Labute approximate surface area is 110 Å². The van der Waals surface area contributed by atoms with Crippen LogP contribution in [0.5, 0.6) is 0 Å². The fraction of sp³-hybridized carbons (Fsp3) is 0.929. The standard InChI is InChI=1S/C14H26N2O2/c1-9(2)13(17)8-15-14(18)12-7-10-5-3-4-6-11(10)16-12/h9-13,16-17H,3-8H2,1-2H3,(H,15,18). The molecule has 0 aromatic heterocycles. The van der Waals surface area contributed by atoms with Crippen LogP contribution in [0, 0.1) is 11.8 Å². The molecule has 1 aliphatic carbocycles. The van der Waals surface area contributed by atoms with E-state index in [-0.39, 0.29) is 17.9 Å². The second-order valence-corrected chi connectivity index (χ2v) is 6.16. The van der Waals surface area contributed by atoms with Crippen molar-refractivity contribution in [3.63, 3.8) is 0 Å². The first-order valence-corrected chi connectivity index (χ1v) is 7.29. The molecular weight excluding hydrogens is 228 g/mol. The lowest BCUT2D eigenvalue weighted by Crippen LogP contribution is -2.45. The zero-order valence-electron chi connectivity index (χ0n) is 11.5. The Morgan fingerprint density at radius 3 is 2.78 bits per heavy atom. The van der Waals surface area contributed by atoms with Crippen LogP contribution < -0.4 is 10.6 Å². The number of fused-ring (bicyclic) bond motifs is 1. The molecule has 0 bridgehead atoms. The van der Waals surface area contributed by atoms with Gasteiger partial charge in [-0.05, 0) is 31.1 Å². The zero-order valence-corrected chi connectivity index (χ0v) is 11.5. The van der Waals surface area contributed by atoms with Gasteiger partial charge in [-0.3, -0.25) is 4.79 Å². The Balaban J connectivity index is 1.76. The van der Waals surface area contributed by atoms with E-state index in [9.17, 15) is 9.90 Å². The van der Waals surface area contributed by atoms with Crippen molar-refractivity contribution in [3.05, 3.63) is 0 Å². The van der Waals surface area contributed by atoms with Gasteiger partial charge >= 0.3 is 0 Å². The Morgan fingerprint density at radius 2 is 2.11 bits per heavy atom. The van der Waals surface area contributed by atoms with Gasteiger partial charge in [-0.25, -0.2) is 0 Å². The maximum absolute atomic E-state index is 12.0. The summed E-state index contributed by atoms with van der Waals surface area (Å²) in [7, 11) is 0. The van der Waals surface area contributed by atoms with Crippen molar-refractivity contribution >= 4 is 5.91 Å². The van der Waals surface area contributed by atoms with Crippen LogP contribution in [0.1, 0.15) is 46.0 Å². The predicted octanol–water partition coefficient (Wildman–Crippen LogP) is 1.04. The maximum atomic E-state index is 12.0. The summed E-state index contributed by atoms with van der Waals surface area (Å²) in [4.78, 5) is 12.0. The summed E-state index contributed by atoms with van der Waals surface area (Å²) in [6.45, 7) is 4.28. The van der Waals surface area contributed by atoms with E-state index in [1.54, 1.807) is 0 Å². The Hall–Kier alpha value is -0.610. The largest absolute Gasteiger partial charge is 0.391 e. The molecule has 2 rings (SSSR count). The number of carbonyl (C=O) groups excluding carboxylic acids is 1. The summed E-state index contributed by atoms with van der Waals surface area (Å²) in [6.07, 6.45) is 5.59. The average molecular weight is 254 g/mol. The molecule has 1 saturated heterocycles. The molecule has 1 amide bonds. The van der Waals surface area contributed by atoms with Crippen LogP contribution in [-0.2, 0) is 4.79 Å². The van der Waals surface area contributed by atoms with E-state index < -0.39 is 6.10 Å². The van der Waals surface area contributed by atoms with Crippen LogP contribution in [0.15, 0.2) is 0 Å². The highest BCUT2D eigenvalue weighted by atomic mass is 16.3. The molecule has 0 aromatic rings. The molecule has 1 saturated carbocycles. The molecule has 0 spiro atoms. The summed E-state index contributed by atoms with van der Waals surface area (Å²) in [6, 6.07) is 0.502. The number of nitrogens with one attached hydrogen (secondary N) is 2. The van der Waals surface area contributed by atoms with Gasteiger partial charge in [-0.1, -0.05) is 26.7 Å². The van der Waals surface area contributed by atoms with Crippen molar-refractivity contribution < 1.29 is 9.90 Å². The van der Waals surface area contributed by atoms with Crippen LogP contribution in [0.25, 0.3) is 0 Å². The third-order valence-electron chi connectivity index (χ3n) is 4.43. The normalized spacial score (nSPS) is 33.2. The second-order valence-electron chi connectivity index (χ2n) is 6.16. The van der Waals surface area contributed by atoms with Crippen LogP contribution >= 0.6 is 0 Å². The highest BCUT2D eigenvalue weighted by Gasteiger charge is 2.38. The summed E-state index contributed by atoms with van der Waals surface area (Å²) in [5.74, 6) is 0.929. The minimum Gasteiger partial charge on any atom is -0.391 e. The minimum atomic E-state index is -0.447. The molecule has 18 heavy (non-hydrogen) atoms. The number of amides is 1. The fourth-order valence-electron chi connectivity index (χ4n) is 3.09. The van der Waals surface area contributed by atoms with Crippen molar-refractivity contribution in [2.45, 2.75) is 64.1 Å². The lowest BCUT2D eigenvalue weighted by Gasteiger charge is -2.24. The number of aliphatic hydroxyl groups excluding tert-OH is 1. The van der Waals surface area contributed by atoms with Crippen molar-refractivity contribution in [3.8, 4) is 0 Å². The highest BCUT2D eigenvalue weighted by Crippen LogP contribution is 2.33. The molecule has 4 heteroatoms. The summed E-state index contributed by atoms with van der Waals surface area (Å²) >= 11 is 0. The third-order valence-corrected chi connectivity index (χ3v) is 4.43. The molecule has 0 aromatic carbocycles. The molecule has 0 radical (unpaired) electrons. The highest BCUT2D eigenvalue weighted by molar-refractivity contribution is 5.82. The van der Waals surface area contributed by atoms with Crippen LogP contribution in [-0.4, -0.2) is 35.7 Å². The SMILES string of the molecule is CC(C)C(O)CNC(=O)C1CC2CCCCC2N1. The number of hydrogen-bond donors (Lipinski definition) is 3. The van der Waals surface area contributed by atoms with Crippen molar-refractivity contribution in [2.24, 2.45) is 11.8 Å². The first-order valence-electron chi connectivity index (χ1n) is 7.29. The van der Waals surface area contributed by atoms with Gasteiger partial charge in [0.1, 0.15) is 0 Å². The topological polar surface area (TPSA) is 61.4 Å². The van der Waals surface area contributed by atoms with Crippen LogP contribution in [0.4, 0.5) is 0 Å². The molecular formula is C14H26N2O2. The first kappa shape index (κ1) is 13.8. The van der Waals surface area contributed by atoms with E-state index >= 15 is 0 Å². The van der Waals surface area contributed by atoms with E-state index in [4.69, 9.17) is 0 Å². The number of carbonyl (C=O) groups is 1. The predicted molar refractivity (Wildman–Crippen MR) is 71.1 cm³/mol. The van der Waals surface area contributed by atoms with Gasteiger partial charge < -0.3 is 15.7 Å². The third kappa shape index (κ3) is 3.23. The number of hydrogen-bond acceptors (Lipinski definition) is 3. The Morgan fingerprint density at radius 1 is 1.39 bits per heavy atom. The van der Waals surface area contributed by atoms with E-state index in [0.29, 0.717) is 18.5 Å². The lowest BCUT2D eigenvalue weighted by molar-refractivity contribution is -0.123. The van der Waals surface area contributed by atoms with Gasteiger partial charge in [-0.15, -0.1) is 0 Å². The number of aliphatic hydroxyl groups is 1. The fourth-order valence-corrected chi connectivity index (χ4v) is 3.09. The second kappa shape index (κ2) is 6.02. The summed E-state index contributed by atoms with van der Waals surface area (Å²) in [5, 5.41) is 16.0. The van der Waals surface area contributed by atoms with Gasteiger partial charge in [0.2, 0.25) is 5.91 Å². The first-order chi connectivity index (χ1) is 8.58. The molecule has 4 atom stereocenters. The molecule has 2 fully saturated rings. The summed E-state index contributed by atoms with van der Waals surface area (Å²) in [5.41, 5.74) is 0. The van der Waals surface area contributed by atoms with Crippen LogP contribution in [0.2, 0.25) is 0 Å². The van der Waals surface area contributed by atoms with E-state index in [1.165, 1.54) is 25.7 Å². The molecule has 1 aliphatic heterocycles. The van der Waals surface area contributed by atoms with Gasteiger partial charge in [0, 0.05) is 12.6 Å². The van der Waals surface area contributed by atoms with E-state index in [2.05, 4.69) is 10.6 Å². The lowest BCUT2D eigenvalue weighted by atomic mass is 9.85. The quantitative estimate of drug-likeness (QED) is 0.702. The molecule has 4 unspecified atom stereocenters. The van der Waals surface area contributed by atoms with E-state index in [1.807, 2.05) is 13.8 Å². The monoisotopic (exact) mass is 254 g/mol. The van der Waals surface area contributed by atoms with E-state index in [0.717, 1.165) is 6.42 Å². The molecule has 1 heterocycles. The van der Waals surface area contributed by atoms with Gasteiger partial charge in [0.15, 0.2) is 0 Å². The Kier molecular flexibility index (Phi) is 4.62. The van der Waals surface area contributed by atoms with Gasteiger partial charge in [0.25, 0.3) is 0 Å². The minimum absolute atomic E-state index is 0.0440. The van der Waals surface area contributed by atoms with Crippen molar-refractivity contribution in [1.29, 1.82) is 0 Å². The number of rotatable bonds is 4. The van der Waals surface area contributed by atoms with Gasteiger partial charge in [-0.2, -0.15) is 0 Å². The van der Waals surface area contributed by atoms with Gasteiger partial charge in [0.05, 0.1) is 12.1 Å². The maximum Gasteiger partial charge on any atom is 0.237 e. The molecule has 2 aliphatic rings. The molecule has 4 nitrogen and oxygen atoms in total. The Bertz CT molecular complexity index is 280. The van der Waals surface area contributed by atoms with Crippen molar-refractivity contribution in [2.75, 3.05) is 6.54 Å².